The molecule has 0 aliphatic heterocycles. The molecule has 0 radical (unpaired) electrons. The zero-order valence-corrected chi connectivity index (χ0v) is 10.3. The highest BCUT2D eigenvalue weighted by molar-refractivity contribution is 5.63. The van der Waals surface area contributed by atoms with E-state index < -0.39 is 0 Å². The summed E-state index contributed by atoms with van der Waals surface area (Å²) in [6.07, 6.45) is 5.53. The van der Waals surface area contributed by atoms with Crippen LogP contribution in [0.25, 0.3) is 0 Å². The second-order valence-electron chi connectivity index (χ2n) is 5.00. The van der Waals surface area contributed by atoms with Gasteiger partial charge >= 0.3 is 0 Å². The van der Waals surface area contributed by atoms with E-state index in [1.54, 1.807) is 0 Å². The molecule has 16 heavy (non-hydrogen) atoms. The lowest BCUT2D eigenvalue weighted by atomic mass is 9.99. The molecule has 1 saturated carbocycles. The number of hydrogen-bond acceptors (Lipinski definition) is 2. The molecule has 1 aliphatic carbocycles. The number of nitrogens with two attached hydrogens (primary N) is 1. The maximum atomic E-state index is 5.91. The van der Waals surface area contributed by atoms with Crippen LogP contribution in [0.2, 0.25) is 0 Å². The molecular weight excluding hydrogens is 196 g/mol. The molecule has 2 heteroatoms. The Kier molecular flexibility index (Phi) is 3.37. The number of benzene rings is 1. The largest absolute Gasteiger partial charge is 0.398 e. The van der Waals surface area contributed by atoms with Gasteiger partial charge < -0.3 is 11.1 Å². The lowest BCUT2D eigenvalue weighted by Gasteiger charge is -2.23. The van der Waals surface area contributed by atoms with Crippen molar-refractivity contribution >= 4 is 11.4 Å². The zero-order valence-electron chi connectivity index (χ0n) is 10.3. The summed E-state index contributed by atoms with van der Waals surface area (Å²) in [7, 11) is 0. The highest BCUT2D eigenvalue weighted by Crippen LogP contribution is 2.30. The smallest absolute Gasteiger partial charge is 0.0392 e. The molecule has 2 rings (SSSR count). The number of nitrogens with one attached hydrogen (secondary N) is 1. The summed E-state index contributed by atoms with van der Waals surface area (Å²) in [5.74, 6) is 0.834. The molecule has 1 atom stereocenters. The molecule has 0 spiro atoms. The van der Waals surface area contributed by atoms with Crippen LogP contribution in [0.5, 0.6) is 0 Å². The Morgan fingerprint density at radius 3 is 2.69 bits per heavy atom. The molecule has 0 heterocycles. The summed E-state index contributed by atoms with van der Waals surface area (Å²) in [5, 5.41) is 3.61. The van der Waals surface area contributed by atoms with Gasteiger partial charge in [0.1, 0.15) is 0 Å². The Hall–Kier alpha value is -1.18. The minimum absolute atomic E-state index is 0.558. The van der Waals surface area contributed by atoms with Gasteiger partial charge in [-0.1, -0.05) is 18.9 Å². The third kappa shape index (κ3) is 2.31. The predicted octanol–water partition coefficient (Wildman–Crippen LogP) is 3.57. The second-order valence-corrected chi connectivity index (χ2v) is 5.00. The monoisotopic (exact) mass is 218 g/mol. The zero-order chi connectivity index (χ0) is 11.5. The molecule has 0 bridgehead atoms. The summed E-state index contributed by atoms with van der Waals surface area (Å²) in [6.45, 7) is 4.37. The van der Waals surface area contributed by atoms with Crippen LogP contribution >= 0.6 is 0 Å². The maximum absolute atomic E-state index is 5.91. The van der Waals surface area contributed by atoms with Crippen molar-refractivity contribution in [3.05, 3.63) is 23.8 Å². The van der Waals surface area contributed by atoms with Crippen molar-refractivity contribution in [2.45, 2.75) is 45.6 Å². The van der Waals surface area contributed by atoms with Crippen LogP contribution in [0.4, 0.5) is 11.4 Å². The SMILES string of the molecule is Cc1c(N)cccc1NC(C)C1CCCC1. The van der Waals surface area contributed by atoms with Gasteiger partial charge in [0.25, 0.3) is 0 Å². The van der Waals surface area contributed by atoms with Gasteiger partial charge in [-0.05, 0) is 50.3 Å². The third-order valence-electron chi connectivity index (χ3n) is 3.87. The average Bonchev–Trinajstić information content (AvgIpc) is 2.78. The van der Waals surface area contributed by atoms with Gasteiger partial charge in [-0.15, -0.1) is 0 Å². The average molecular weight is 218 g/mol. The molecular formula is C14H22N2. The van der Waals surface area contributed by atoms with Gasteiger partial charge in [-0.3, -0.25) is 0 Å². The van der Waals surface area contributed by atoms with Crippen LogP contribution in [-0.2, 0) is 0 Å². The Bertz CT molecular complexity index is 354. The molecule has 0 amide bonds. The number of rotatable bonds is 3. The first kappa shape index (κ1) is 11.3. The molecule has 1 aliphatic rings. The normalized spacial score (nSPS) is 18.6. The van der Waals surface area contributed by atoms with Gasteiger partial charge in [-0.25, -0.2) is 0 Å². The van der Waals surface area contributed by atoms with Gasteiger partial charge in [-0.2, -0.15) is 0 Å². The van der Waals surface area contributed by atoms with Gasteiger partial charge in [0.15, 0.2) is 0 Å². The minimum Gasteiger partial charge on any atom is -0.398 e. The Balaban J connectivity index is 2.05. The number of hydrogen-bond donors (Lipinski definition) is 2. The van der Waals surface area contributed by atoms with Crippen LogP contribution in [-0.4, -0.2) is 6.04 Å². The molecule has 3 N–H and O–H groups in total. The van der Waals surface area contributed by atoms with Crippen molar-refractivity contribution in [3.8, 4) is 0 Å². The van der Waals surface area contributed by atoms with E-state index in [1.807, 2.05) is 12.1 Å². The number of anilines is 2. The summed E-state index contributed by atoms with van der Waals surface area (Å²) in [6, 6.07) is 6.66. The van der Waals surface area contributed by atoms with E-state index >= 15 is 0 Å². The minimum atomic E-state index is 0.558. The molecule has 0 aromatic heterocycles. The standard InChI is InChI=1S/C14H22N2/c1-10-13(15)8-5-9-14(10)16-11(2)12-6-3-4-7-12/h5,8-9,11-12,16H,3-4,6-7,15H2,1-2H3. The highest BCUT2D eigenvalue weighted by atomic mass is 14.9. The van der Waals surface area contributed by atoms with Crippen molar-refractivity contribution in [2.24, 2.45) is 5.92 Å². The molecule has 88 valence electrons. The summed E-state index contributed by atoms with van der Waals surface area (Å²) in [5.41, 5.74) is 9.16. The first-order valence-electron chi connectivity index (χ1n) is 6.30. The van der Waals surface area contributed by atoms with Crippen LogP contribution in [0.3, 0.4) is 0 Å². The Morgan fingerprint density at radius 1 is 1.31 bits per heavy atom. The van der Waals surface area contributed by atoms with Gasteiger partial charge in [0.2, 0.25) is 0 Å². The Labute approximate surface area is 98.2 Å². The highest BCUT2D eigenvalue weighted by Gasteiger charge is 2.21. The van der Waals surface area contributed by atoms with E-state index in [2.05, 4.69) is 25.2 Å². The third-order valence-corrected chi connectivity index (χ3v) is 3.87. The van der Waals surface area contributed by atoms with Crippen molar-refractivity contribution < 1.29 is 0 Å². The fourth-order valence-electron chi connectivity index (χ4n) is 2.63. The molecule has 1 aromatic carbocycles. The van der Waals surface area contributed by atoms with Crippen molar-refractivity contribution in [1.82, 2.24) is 0 Å². The van der Waals surface area contributed by atoms with Crippen LogP contribution in [0.15, 0.2) is 18.2 Å². The van der Waals surface area contributed by atoms with Crippen LogP contribution in [0.1, 0.15) is 38.2 Å². The molecule has 1 aromatic rings. The fraction of sp³-hybridized carbons (Fsp3) is 0.571. The van der Waals surface area contributed by atoms with Crippen molar-refractivity contribution in [3.63, 3.8) is 0 Å². The van der Waals surface area contributed by atoms with E-state index in [-0.39, 0.29) is 0 Å². The predicted molar refractivity (Wildman–Crippen MR) is 70.6 cm³/mol. The molecule has 2 nitrogen and oxygen atoms in total. The van der Waals surface area contributed by atoms with Gasteiger partial charge in [0.05, 0.1) is 0 Å². The van der Waals surface area contributed by atoms with E-state index in [4.69, 9.17) is 5.73 Å². The summed E-state index contributed by atoms with van der Waals surface area (Å²) >= 11 is 0. The topological polar surface area (TPSA) is 38.0 Å². The molecule has 1 fully saturated rings. The first-order chi connectivity index (χ1) is 7.68. The maximum Gasteiger partial charge on any atom is 0.0392 e. The Morgan fingerprint density at radius 2 is 2.00 bits per heavy atom. The number of nitrogen functional groups attached to an aromatic ring is 1. The second kappa shape index (κ2) is 4.77. The quantitative estimate of drug-likeness (QED) is 0.761. The van der Waals surface area contributed by atoms with Crippen LogP contribution < -0.4 is 11.1 Å². The summed E-state index contributed by atoms with van der Waals surface area (Å²) < 4.78 is 0. The van der Waals surface area contributed by atoms with E-state index in [1.165, 1.54) is 36.9 Å². The lowest BCUT2D eigenvalue weighted by Crippen LogP contribution is -2.24. The van der Waals surface area contributed by atoms with Crippen molar-refractivity contribution in [2.75, 3.05) is 11.1 Å². The first-order valence-corrected chi connectivity index (χ1v) is 6.30. The van der Waals surface area contributed by atoms with E-state index in [0.29, 0.717) is 6.04 Å². The van der Waals surface area contributed by atoms with Gasteiger partial charge in [0, 0.05) is 17.4 Å². The lowest BCUT2D eigenvalue weighted by molar-refractivity contribution is 0.482. The van der Waals surface area contributed by atoms with E-state index in [0.717, 1.165) is 11.6 Å². The molecule has 0 saturated heterocycles. The molecule has 1 unspecified atom stereocenters. The fourth-order valence-corrected chi connectivity index (χ4v) is 2.63. The van der Waals surface area contributed by atoms with Crippen LogP contribution in [0, 0.1) is 12.8 Å². The van der Waals surface area contributed by atoms with Crippen molar-refractivity contribution in [1.29, 1.82) is 0 Å². The summed E-state index contributed by atoms with van der Waals surface area (Å²) in [4.78, 5) is 0. The van der Waals surface area contributed by atoms with E-state index in [9.17, 15) is 0 Å².